The van der Waals surface area contributed by atoms with Crippen molar-refractivity contribution in [1.82, 2.24) is 0 Å². The van der Waals surface area contributed by atoms with Crippen LogP contribution >= 0.6 is 0 Å². The number of nitrogens with two attached hydrogens (primary N) is 1. The molecule has 0 aliphatic rings. The van der Waals surface area contributed by atoms with Gasteiger partial charge in [-0.05, 0) is 20.8 Å². The molecule has 13 heavy (non-hydrogen) atoms. The summed E-state index contributed by atoms with van der Waals surface area (Å²) in [5.74, 6) is 0.0256. The van der Waals surface area contributed by atoms with E-state index < -0.39 is 15.4 Å². The van der Waals surface area contributed by atoms with Gasteiger partial charge in [-0.25, -0.2) is 8.42 Å². The molecule has 0 aliphatic heterocycles. The molecule has 0 aromatic carbocycles. The monoisotopic (exact) mass is 209 g/mol. The van der Waals surface area contributed by atoms with Crippen molar-refractivity contribution in [1.29, 1.82) is 0 Å². The van der Waals surface area contributed by atoms with Crippen molar-refractivity contribution in [2.45, 2.75) is 32.4 Å². The van der Waals surface area contributed by atoms with Gasteiger partial charge < -0.3 is 10.5 Å². The second-order valence-corrected chi connectivity index (χ2v) is 6.20. The quantitative estimate of drug-likeness (QED) is 0.701. The van der Waals surface area contributed by atoms with Crippen LogP contribution in [0, 0.1) is 0 Å². The minimum atomic E-state index is -3.10. The Balaban J connectivity index is 4.27. The Bertz CT molecular complexity index is 241. The van der Waals surface area contributed by atoms with Gasteiger partial charge in [0.05, 0.1) is 17.6 Å². The first-order valence-electron chi connectivity index (χ1n) is 4.18. The zero-order chi connectivity index (χ0) is 10.7. The lowest BCUT2D eigenvalue weighted by Crippen LogP contribution is -2.41. The van der Waals surface area contributed by atoms with Crippen molar-refractivity contribution >= 4 is 9.84 Å². The summed E-state index contributed by atoms with van der Waals surface area (Å²) in [5, 5.41) is 0. The van der Waals surface area contributed by atoms with Crippen LogP contribution < -0.4 is 5.73 Å². The van der Waals surface area contributed by atoms with Crippen LogP contribution in [0.2, 0.25) is 0 Å². The smallest absolute Gasteiger partial charge is 0.154 e. The highest BCUT2D eigenvalue weighted by molar-refractivity contribution is 7.91. The molecule has 0 aliphatic carbocycles. The fourth-order valence-electron chi connectivity index (χ4n) is 1.05. The second-order valence-electron chi connectivity index (χ2n) is 4.09. The molecule has 1 unspecified atom stereocenters. The largest absolute Gasteiger partial charge is 0.381 e. The van der Waals surface area contributed by atoms with E-state index in [4.69, 9.17) is 10.5 Å². The van der Waals surface area contributed by atoms with Crippen LogP contribution in [0.5, 0.6) is 0 Å². The highest BCUT2D eigenvalue weighted by Gasteiger charge is 2.23. The number of hydrogen-bond acceptors (Lipinski definition) is 4. The van der Waals surface area contributed by atoms with Crippen molar-refractivity contribution < 1.29 is 13.2 Å². The first-order valence-corrected chi connectivity index (χ1v) is 6.00. The van der Waals surface area contributed by atoms with Crippen molar-refractivity contribution in [2.75, 3.05) is 18.6 Å². The minimum absolute atomic E-state index is 0.00625. The third-order valence-electron chi connectivity index (χ3n) is 1.48. The molecular formula is C8H19NO3S. The molecule has 4 nitrogen and oxygen atoms in total. The summed E-state index contributed by atoms with van der Waals surface area (Å²) in [5.41, 5.74) is 4.94. The summed E-state index contributed by atoms with van der Waals surface area (Å²) in [7, 11) is -1.61. The summed E-state index contributed by atoms with van der Waals surface area (Å²) >= 11 is 0. The summed E-state index contributed by atoms with van der Waals surface area (Å²) < 4.78 is 27.8. The topological polar surface area (TPSA) is 69.4 Å². The fourth-order valence-corrected chi connectivity index (χ4v) is 3.15. The van der Waals surface area contributed by atoms with Gasteiger partial charge in [-0.3, -0.25) is 0 Å². The Kier molecular flexibility index (Phi) is 4.35. The molecule has 80 valence electrons. The van der Waals surface area contributed by atoms with Crippen LogP contribution in [0.4, 0.5) is 0 Å². The fraction of sp³-hybridized carbons (Fsp3) is 1.00. The van der Waals surface area contributed by atoms with E-state index in [0.717, 1.165) is 0 Å². The molecule has 0 heterocycles. The zero-order valence-electron chi connectivity index (χ0n) is 8.70. The maximum atomic E-state index is 11.5. The van der Waals surface area contributed by atoms with Crippen molar-refractivity contribution in [2.24, 2.45) is 5.73 Å². The van der Waals surface area contributed by atoms with Crippen LogP contribution in [0.1, 0.15) is 20.8 Å². The van der Waals surface area contributed by atoms with Crippen molar-refractivity contribution in [3.63, 3.8) is 0 Å². The van der Waals surface area contributed by atoms with Gasteiger partial charge in [0.2, 0.25) is 0 Å². The Morgan fingerprint density at radius 1 is 1.46 bits per heavy atom. The molecular weight excluding hydrogens is 190 g/mol. The van der Waals surface area contributed by atoms with E-state index in [1.165, 1.54) is 7.11 Å². The van der Waals surface area contributed by atoms with Gasteiger partial charge in [-0.2, -0.15) is 0 Å². The molecule has 1 atom stereocenters. The number of hydrogen-bond donors (Lipinski definition) is 1. The van der Waals surface area contributed by atoms with Crippen LogP contribution in [-0.4, -0.2) is 38.7 Å². The Morgan fingerprint density at radius 3 is 2.23 bits per heavy atom. The van der Waals surface area contributed by atoms with E-state index in [0.29, 0.717) is 0 Å². The van der Waals surface area contributed by atoms with Gasteiger partial charge in [0, 0.05) is 12.6 Å². The summed E-state index contributed by atoms with van der Waals surface area (Å²) in [6.45, 7) is 5.12. The van der Waals surface area contributed by atoms with Crippen LogP contribution in [0.25, 0.3) is 0 Å². The average Bonchev–Trinajstić information content (AvgIpc) is 1.80. The number of rotatable bonds is 5. The van der Waals surface area contributed by atoms with E-state index >= 15 is 0 Å². The summed E-state index contributed by atoms with van der Waals surface area (Å²) in [4.78, 5) is 0. The molecule has 0 fully saturated rings. The summed E-state index contributed by atoms with van der Waals surface area (Å²) in [6.07, 6.45) is -0.271. The molecule has 0 saturated carbocycles. The summed E-state index contributed by atoms with van der Waals surface area (Å²) in [6, 6.07) is 0. The highest BCUT2D eigenvalue weighted by atomic mass is 32.2. The average molecular weight is 209 g/mol. The second kappa shape index (κ2) is 4.39. The maximum absolute atomic E-state index is 11.5. The molecule has 0 saturated heterocycles. The molecule has 0 rings (SSSR count). The first-order chi connectivity index (χ1) is 5.66. The number of sulfone groups is 1. The standard InChI is InChI=1S/C8H19NO3S/c1-7(12-4)5-13(10,11)6-8(2,3)9/h7H,5-6,9H2,1-4H3. The van der Waals surface area contributed by atoms with Gasteiger partial charge >= 0.3 is 0 Å². The molecule has 0 aromatic rings. The van der Waals surface area contributed by atoms with Gasteiger partial charge in [-0.15, -0.1) is 0 Å². The Hall–Kier alpha value is -0.130. The molecule has 0 radical (unpaired) electrons. The normalized spacial score (nSPS) is 15.8. The Labute approximate surface area is 80.4 Å². The van der Waals surface area contributed by atoms with E-state index in [2.05, 4.69) is 0 Å². The van der Waals surface area contributed by atoms with Crippen LogP contribution in [-0.2, 0) is 14.6 Å². The number of methoxy groups -OCH3 is 1. The van der Waals surface area contributed by atoms with E-state index in [1.54, 1.807) is 20.8 Å². The highest BCUT2D eigenvalue weighted by Crippen LogP contribution is 2.06. The van der Waals surface area contributed by atoms with E-state index in [-0.39, 0.29) is 17.6 Å². The lowest BCUT2D eigenvalue weighted by atomic mass is 10.1. The van der Waals surface area contributed by atoms with E-state index in [1.807, 2.05) is 0 Å². The lowest BCUT2D eigenvalue weighted by Gasteiger charge is -2.19. The van der Waals surface area contributed by atoms with Gasteiger partial charge in [0.1, 0.15) is 0 Å². The molecule has 0 spiro atoms. The molecule has 2 N–H and O–H groups in total. The third-order valence-corrected chi connectivity index (χ3v) is 3.64. The van der Waals surface area contributed by atoms with E-state index in [9.17, 15) is 8.42 Å². The lowest BCUT2D eigenvalue weighted by molar-refractivity contribution is 0.136. The van der Waals surface area contributed by atoms with Gasteiger partial charge in [0.25, 0.3) is 0 Å². The SMILES string of the molecule is COC(C)CS(=O)(=O)CC(C)(C)N. The minimum Gasteiger partial charge on any atom is -0.381 e. The number of ether oxygens (including phenoxy) is 1. The molecule has 0 bridgehead atoms. The first kappa shape index (κ1) is 12.9. The van der Waals surface area contributed by atoms with Gasteiger partial charge in [0.15, 0.2) is 9.84 Å². The van der Waals surface area contributed by atoms with Crippen LogP contribution in [0.15, 0.2) is 0 Å². The van der Waals surface area contributed by atoms with Crippen molar-refractivity contribution in [3.05, 3.63) is 0 Å². The zero-order valence-corrected chi connectivity index (χ0v) is 9.52. The molecule has 0 aromatic heterocycles. The Morgan fingerprint density at radius 2 is 1.92 bits per heavy atom. The maximum Gasteiger partial charge on any atom is 0.154 e. The van der Waals surface area contributed by atoms with Gasteiger partial charge in [-0.1, -0.05) is 0 Å². The molecule has 5 heteroatoms. The molecule has 0 amide bonds. The van der Waals surface area contributed by atoms with Crippen molar-refractivity contribution in [3.8, 4) is 0 Å². The third kappa shape index (κ3) is 6.98. The predicted octanol–water partition coefficient (Wildman–Crippen LogP) is 0.173. The van der Waals surface area contributed by atoms with Crippen LogP contribution in [0.3, 0.4) is 0 Å². The predicted molar refractivity (Wildman–Crippen MR) is 53.4 cm³/mol.